The molecule has 0 aliphatic heterocycles. The van der Waals surface area contributed by atoms with E-state index in [2.05, 4.69) is 182 Å². The normalized spacial score (nSPS) is 11.5. The lowest BCUT2D eigenvalue weighted by molar-refractivity contribution is 0.653. The molecule has 0 N–H and O–H groups in total. The van der Waals surface area contributed by atoms with Crippen LogP contribution in [0.2, 0.25) is 0 Å². The summed E-state index contributed by atoms with van der Waals surface area (Å²) in [6, 6.07) is 79.6. The van der Waals surface area contributed by atoms with E-state index in [9.17, 15) is 0 Å². The molecule has 0 saturated carbocycles. The molecular formula is C62H38N4O2. The van der Waals surface area contributed by atoms with Crippen molar-refractivity contribution < 1.29 is 8.83 Å². The minimum atomic E-state index is 0.560. The molecule has 68 heavy (non-hydrogen) atoms. The Morgan fingerprint density at radius 3 is 1.04 bits per heavy atom. The van der Waals surface area contributed by atoms with E-state index < -0.39 is 0 Å². The first-order chi connectivity index (χ1) is 33.7. The third kappa shape index (κ3) is 7.00. The van der Waals surface area contributed by atoms with Crippen molar-refractivity contribution in [3.8, 4) is 89.8 Å². The lowest BCUT2D eigenvalue weighted by atomic mass is 9.95. The molecule has 0 amide bonds. The van der Waals surface area contributed by atoms with Gasteiger partial charge in [0.1, 0.15) is 11.2 Å². The summed E-state index contributed by atoms with van der Waals surface area (Å²) < 4.78 is 12.8. The monoisotopic (exact) mass is 870 g/mol. The average Bonchev–Trinajstić information content (AvgIpc) is 4.00. The summed E-state index contributed by atoms with van der Waals surface area (Å²) in [5.74, 6) is 1.22. The Kier molecular flexibility index (Phi) is 9.39. The highest BCUT2D eigenvalue weighted by atomic mass is 16.3. The minimum absolute atomic E-state index is 0.560. The standard InChI is InChI=1S/C62H38N4O2/c1-3-15-39(16-4-1)44-20-13-25-49(37-44)59-63-57(55-51-27-7-9-29-53(51)67-61(55)65-59)42-33-31-41(32-34-42)43-19-11-22-46(35-43)47-23-12-24-48(36-47)58-56-52-28-8-10-30-54(52)68-62(56)66-60(64-58)50-26-14-21-45(38-50)40-17-5-2-6-18-40/h1-38H. The first kappa shape index (κ1) is 39.1. The molecule has 4 aromatic heterocycles. The van der Waals surface area contributed by atoms with E-state index in [4.69, 9.17) is 28.8 Å². The van der Waals surface area contributed by atoms with E-state index in [0.717, 1.165) is 111 Å². The van der Waals surface area contributed by atoms with Crippen LogP contribution >= 0.6 is 0 Å². The van der Waals surface area contributed by atoms with Crippen molar-refractivity contribution in [1.29, 1.82) is 0 Å². The predicted molar refractivity (Wildman–Crippen MR) is 276 cm³/mol. The molecule has 13 rings (SSSR count). The zero-order valence-electron chi connectivity index (χ0n) is 36.5. The van der Waals surface area contributed by atoms with Gasteiger partial charge in [-0.15, -0.1) is 0 Å². The van der Waals surface area contributed by atoms with Crippen LogP contribution in [0.4, 0.5) is 0 Å². The Hall–Kier alpha value is -9.26. The van der Waals surface area contributed by atoms with Gasteiger partial charge in [0.25, 0.3) is 0 Å². The molecule has 0 spiro atoms. The largest absolute Gasteiger partial charge is 0.438 e. The lowest BCUT2D eigenvalue weighted by Gasteiger charge is -2.11. The highest BCUT2D eigenvalue weighted by molar-refractivity contribution is 6.12. The molecule has 6 heteroatoms. The van der Waals surface area contributed by atoms with Gasteiger partial charge in [-0.2, -0.15) is 9.97 Å². The smallest absolute Gasteiger partial charge is 0.231 e. The first-order valence-electron chi connectivity index (χ1n) is 22.7. The molecule has 0 bridgehead atoms. The Morgan fingerprint density at radius 1 is 0.235 bits per heavy atom. The number of para-hydroxylation sites is 2. The topological polar surface area (TPSA) is 77.8 Å². The lowest BCUT2D eigenvalue weighted by Crippen LogP contribution is -1.95. The van der Waals surface area contributed by atoms with Crippen molar-refractivity contribution in [2.24, 2.45) is 0 Å². The summed E-state index contributed by atoms with van der Waals surface area (Å²) in [7, 11) is 0. The summed E-state index contributed by atoms with van der Waals surface area (Å²) >= 11 is 0. The fourth-order valence-electron chi connectivity index (χ4n) is 9.40. The SMILES string of the molecule is c1ccc(-c2cccc(-c3nc(-c4ccc(-c5cccc(-c6cccc(-c7nc(-c8cccc(-c9ccccc9)c8)nc8oc9ccccc9c78)c6)c5)cc4)c4c(n3)oc3ccccc34)c2)cc1. The molecule has 0 radical (unpaired) electrons. The summed E-state index contributed by atoms with van der Waals surface area (Å²) in [6.45, 7) is 0. The average molecular weight is 871 g/mol. The number of rotatable bonds is 8. The van der Waals surface area contributed by atoms with E-state index >= 15 is 0 Å². The maximum absolute atomic E-state index is 6.43. The molecule has 0 unspecified atom stereocenters. The number of benzene rings is 9. The maximum atomic E-state index is 6.43. The number of fused-ring (bicyclic) bond motifs is 6. The zero-order valence-corrected chi connectivity index (χ0v) is 36.5. The van der Waals surface area contributed by atoms with Crippen LogP contribution in [-0.4, -0.2) is 19.9 Å². The predicted octanol–water partition coefficient (Wildman–Crippen LogP) is 16.4. The van der Waals surface area contributed by atoms with Gasteiger partial charge in [-0.3, -0.25) is 0 Å². The third-order valence-corrected chi connectivity index (χ3v) is 12.8. The Balaban J connectivity index is 0.868. The van der Waals surface area contributed by atoms with E-state index in [1.807, 2.05) is 48.5 Å². The van der Waals surface area contributed by atoms with Crippen molar-refractivity contribution in [1.82, 2.24) is 19.9 Å². The Bertz CT molecular complexity index is 4030. The van der Waals surface area contributed by atoms with E-state index in [1.54, 1.807) is 0 Å². The van der Waals surface area contributed by atoms with Crippen LogP contribution in [0.15, 0.2) is 239 Å². The van der Waals surface area contributed by atoms with Crippen molar-refractivity contribution >= 4 is 44.1 Å². The van der Waals surface area contributed by atoms with Crippen LogP contribution in [0.3, 0.4) is 0 Å². The molecule has 4 heterocycles. The van der Waals surface area contributed by atoms with Crippen LogP contribution in [-0.2, 0) is 0 Å². The van der Waals surface area contributed by atoms with Crippen LogP contribution < -0.4 is 0 Å². The Labute approximate surface area is 391 Å². The van der Waals surface area contributed by atoms with E-state index in [-0.39, 0.29) is 0 Å². The fourth-order valence-corrected chi connectivity index (χ4v) is 9.40. The molecule has 9 aromatic carbocycles. The van der Waals surface area contributed by atoms with Gasteiger partial charge < -0.3 is 8.83 Å². The van der Waals surface area contributed by atoms with Gasteiger partial charge in [0, 0.05) is 33.0 Å². The van der Waals surface area contributed by atoms with Crippen molar-refractivity contribution in [3.05, 3.63) is 231 Å². The number of hydrogen-bond acceptors (Lipinski definition) is 6. The first-order valence-corrected chi connectivity index (χ1v) is 22.7. The number of hydrogen-bond donors (Lipinski definition) is 0. The number of furan rings is 2. The zero-order chi connectivity index (χ0) is 45.0. The van der Waals surface area contributed by atoms with Crippen molar-refractivity contribution in [2.45, 2.75) is 0 Å². The summed E-state index contributed by atoms with van der Waals surface area (Å²) in [5.41, 5.74) is 17.0. The van der Waals surface area contributed by atoms with Gasteiger partial charge in [0.15, 0.2) is 11.6 Å². The second kappa shape index (κ2) is 16.3. The van der Waals surface area contributed by atoms with E-state index in [0.29, 0.717) is 23.1 Å². The van der Waals surface area contributed by atoms with E-state index in [1.165, 1.54) is 0 Å². The summed E-state index contributed by atoms with van der Waals surface area (Å²) in [5, 5.41) is 3.76. The highest BCUT2D eigenvalue weighted by Crippen LogP contribution is 2.40. The second-order valence-electron chi connectivity index (χ2n) is 17.0. The van der Waals surface area contributed by atoms with Gasteiger partial charge in [-0.25, -0.2) is 9.97 Å². The fraction of sp³-hybridized carbons (Fsp3) is 0. The van der Waals surface area contributed by atoms with Gasteiger partial charge in [0.05, 0.1) is 22.2 Å². The molecule has 318 valence electrons. The van der Waals surface area contributed by atoms with Gasteiger partial charge in [-0.1, -0.05) is 194 Å². The quantitative estimate of drug-likeness (QED) is 0.151. The van der Waals surface area contributed by atoms with Crippen molar-refractivity contribution in [2.75, 3.05) is 0 Å². The minimum Gasteiger partial charge on any atom is -0.438 e. The third-order valence-electron chi connectivity index (χ3n) is 12.8. The van der Waals surface area contributed by atoms with Crippen LogP contribution in [0.5, 0.6) is 0 Å². The summed E-state index contributed by atoms with van der Waals surface area (Å²) in [4.78, 5) is 20.6. The molecule has 0 fully saturated rings. The second-order valence-corrected chi connectivity index (χ2v) is 17.0. The number of nitrogens with zero attached hydrogens (tertiary/aromatic N) is 4. The van der Waals surface area contributed by atoms with Gasteiger partial charge in [0.2, 0.25) is 11.4 Å². The molecule has 0 aliphatic carbocycles. The van der Waals surface area contributed by atoms with Crippen LogP contribution in [0.25, 0.3) is 134 Å². The summed E-state index contributed by atoms with van der Waals surface area (Å²) in [6.07, 6.45) is 0. The van der Waals surface area contributed by atoms with Gasteiger partial charge in [-0.05, 0) is 80.9 Å². The molecule has 0 aliphatic rings. The highest BCUT2D eigenvalue weighted by Gasteiger charge is 2.21. The molecule has 6 nitrogen and oxygen atoms in total. The molecule has 13 aromatic rings. The van der Waals surface area contributed by atoms with Gasteiger partial charge >= 0.3 is 0 Å². The molecular weight excluding hydrogens is 833 g/mol. The Morgan fingerprint density at radius 2 is 0.559 bits per heavy atom. The van der Waals surface area contributed by atoms with Crippen LogP contribution in [0.1, 0.15) is 0 Å². The van der Waals surface area contributed by atoms with Crippen molar-refractivity contribution in [3.63, 3.8) is 0 Å². The van der Waals surface area contributed by atoms with Crippen LogP contribution in [0, 0.1) is 0 Å². The molecule has 0 saturated heterocycles. The number of aromatic nitrogens is 4. The molecule has 0 atom stereocenters. The maximum Gasteiger partial charge on any atom is 0.231 e.